The number of carbonyl (C=O) groups is 1. The number of anilines is 1. The summed E-state index contributed by atoms with van der Waals surface area (Å²) in [5.41, 5.74) is 4.18. The van der Waals surface area contributed by atoms with Crippen LogP contribution in [-0.2, 0) is 17.6 Å². The molecule has 0 aliphatic rings. The Morgan fingerprint density at radius 1 is 1.12 bits per heavy atom. The Balaban J connectivity index is 1.89. The van der Waals surface area contributed by atoms with Gasteiger partial charge in [0, 0.05) is 12.6 Å². The molecule has 2 heterocycles. The number of carbonyl (C=O) groups excluding carboxylic acids is 1. The van der Waals surface area contributed by atoms with Gasteiger partial charge in [-0.3, -0.25) is 9.20 Å². The van der Waals surface area contributed by atoms with E-state index in [0.29, 0.717) is 6.42 Å². The van der Waals surface area contributed by atoms with Crippen LogP contribution in [0, 0.1) is 12.3 Å². The zero-order chi connectivity index (χ0) is 18.7. The number of benzene rings is 1. The van der Waals surface area contributed by atoms with Gasteiger partial charge in [0.1, 0.15) is 11.5 Å². The molecule has 1 amide bonds. The highest BCUT2D eigenvalue weighted by Gasteiger charge is 2.19. The highest BCUT2D eigenvalue weighted by molar-refractivity contribution is 5.91. The summed E-state index contributed by atoms with van der Waals surface area (Å²) < 4.78 is 1.98. The second-order valence-electron chi connectivity index (χ2n) is 8.11. The molecule has 0 aliphatic carbocycles. The topological polar surface area (TPSA) is 46.4 Å². The summed E-state index contributed by atoms with van der Waals surface area (Å²) >= 11 is 0. The van der Waals surface area contributed by atoms with Crippen molar-refractivity contribution in [1.29, 1.82) is 0 Å². The van der Waals surface area contributed by atoms with Gasteiger partial charge in [0.05, 0.1) is 5.69 Å². The van der Waals surface area contributed by atoms with Crippen LogP contribution in [-0.4, -0.2) is 15.3 Å². The largest absolute Gasteiger partial charge is 0.310 e. The first-order valence-corrected chi connectivity index (χ1v) is 9.13. The number of aromatic nitrogens is 2. The average molecular weight is 349 g/mol. The first-order valence-electron chi connectivity index (χ1n) is 9.13. The van der Waals surface area contributed by atoms with Gasteiger partial charge >= 0.3 is 0 Å². The molecular weight excluding hydrogens is 322 g/mol. The molecule has 0 saturated carbocycles. The summed E-state index contributed by atoms with van der Waals surface area (Å²) in [6, 6.07) is 14.5. The van der Waals surface area contributed by atoms with Crippen LogP contribution in [0.4, 0.5) is 5.82 Å². The Kier molecular flexibility index (Phi) is 5.12. The number of aryl methyl sites for hydroxylation is 3. The quantitative estimate of drug-likeness (QED) is 0.719. The molecule has 0 aliphatic heterocycles. The molecule has 0 bridgehead atoms. The fourth-order valence-corrected chi connectivity index (χ4v) is 3.07. The molecule has 2 aromatic heterocycles. The number of nitrogens with zero attached hydrogens (tertiary/aromatic N) is 2. The van der Waals surface area contributed by atoms with Crippen LogP contribution in [0.25, 0.3) is 5.65 Å². The maximum atomic E-state index is 12.5. The zero-order valence-corrected chi connectivity index (χ0v) is 16.0. The molecule has 3 rings (SSSR count). The fourth-order valence-electron chi connectivity index (χ4n) is 3.07. The van der Waals surface area contributed by atoms with Gasteiger partial charge in [-0.1, -0.05) is 51.1 Å². The molecule has 0 radical (unpaired) electrons. The summed E-state index contributed by atoms with van der Waals surface area (Å²) in [6.45, 7) is 8.26. The van der Waals surface area contributed by atoms with Crippen LogP contribution in [0.5, 0.6) is 0 Å². The van der Waals surface area contributed by atoms with Crippen LogP contribution in [0.3, 0.4) is 0 Å². The lowest BCUT2D eigenvalue weighted by Gasteiger charge is -2.17. The monoisotopic (exact) mass is 349 g/mol. The molecule has 26 heavy (non-hydrogen) atoms. The Morgan fingerprint density at radius 2 is 1.85 bits per heavy atom. The molecule has 0 saturated heterocycles. The van der Waals surface area contributed by atoms with Gasteiger partial charge in [-0.05, 0) is 48.4 Å². The van der Waals surface area contributed by atoms with Crippen LogP contribution >= 0.6 is 0 Å². The van der Waals surface area contributed by atoms with Gasteiger partial charge in [-0.15, -0.1) is 0 Å². The van der Waals surface area contributed by atoms with E-state index in [0.717, 1.165) is 35.6 Å². The van der Waals surface area contributed by atoms with Crippen molar-refractivity contribution in [2.45, 2.75) is 47.0 Å². The average Bonchev–Trinajstić information content (AvgIpc) is 2.89. The first-order chi connectivity index (χ1) is 12.3. The summed E-state index contributed by atoms with van der Waals surface area (Å²) in [5.74, 6) is 0.825. The predicted molar refractivity (Wildman–Crippen MR) is 106 cm³/mol. The lowest BCUT2D eigenvalue weighted by molar-refractivity contribution is -0.117. The maximum Gasteiger partial charge on any atom is 0.226 e. The number of fused-ring (bicyclic) bond motifs is 1. The van der Waals surface area contributed by atoms with Gasteiger partial charge in [0.2, 0.25) is 5.91 Å². The Hall–Kier alpha value is -2.62. The Bertz CT molecular complexity index is 904. The van der Waals surface area contributed by atoms with E-state index in [1.54, 1.807) is 0 Å². The summed E-state index contributed by atoms with van der Waals surface area (Å²) in [5, 5.41) is 3.11. The molecule has 0 fully saturated rings. The van der Waals surface area contributed by atoms with Gasteiger partial charge < -0.3 is 5.32 Å². The minimum Gasteiger partial charge on any atom is -0.310 e. The number of pyridine rings is 1. The van der Waals surface area contributed by atoms with E-state index in [9.17, 15) is 4.79 Å². The van der Waals surface area contributed by atoms with Crippen molar-refractivity contribution >= 4 is 17.4 Å². The van der Waals surface area contributed by atoms with Crippen molar-refractivity contribution in [3.63, 3.8) is 0 Å². The van der Waals surface area contributed by atoms with E-state index in [4.69, 9.17) is 4.98 Å². The van der Waals surface area contributed by atoms with Gasteiger partial charge in [-0.2, -0.15) is 0 Å². The van der Waals surface area contributed by atoms with Crippen LogP contribution < -0.4 is 5.32 Å². The molecule has 0 unspecified atom stereocenters. The minimum atomic E-state index is -0.0502. The lowest BCUT2D eigenvalue weighted by Crippen LogP contribution is -2.21. The highest BCUT2D eigenvalue weighted by atomic mass is 16.1. The van der Waals surface area contributed by atoms with Crippen LogP contribution in [0.1, 0.15) is 44.0 Å². The van der Waals surface area contributed by atoms with Gasteiger partial charge in [0.15, 0.2) is 0 Å². The van der Waals surface area contributed by atoms with E-state index in [1.165, 1.54) is 5.56 Å². The van der Waals surface area contributed by atoms with Crippen molar-refractivity contribution in [2.75, 3.05) is 5.32 Å². The van der Waals surface area contributed by atoms with Crippen molar-refractivity contribution in [3.05, 3.63) is 65.5 Å². The standard InChI is InChI=1S/C22H27N3O/c1-16-12-13-25-19(14-16)23-18(11-10-17-8-6-5-7-9-17)21(25)24-20(26)15-22(2,3)4/h5-9,12-14H,10-11,15H2,1-4H3,(H,24,26). The van der Waals surface area contributed by atoms with Gasteiger partial charge in [-0.25, -0.2) is 4.98 Å². The Labute approximate surface area is 155 Å². The van der Waals surface area contributed by atoms with E-state index < -0.39 is 0 Å². The van der Waals surface area contributed by atoms with E-state index in [2.05, 4.69) is 45.1 Å². The van der Waals surface area contributed by atoms with Crippen LogP contribution in [0.2, 0.25) is 0 Å². The smallest absolute Gasteiger partial charge is 0.226 e. The molecule has 136 valence electrons. The van der Waals surface area contributed by atoms with Crippen molar-refractivity contribution in [3.8, 4) is 0 Å². The normalized spacial score (nSPS) is 11.7. The fraction of sp³-hybridized carbons (Fsp3) is 0.364. The van der Waals surface area contributed by atoms with E-state index >= 15 is 0 Å². The Morgan fingerprint density at radius 3 is 2.54 bits per heavy atom. The zero-order valence-electron chi connectivity index (χ0n) is 16.0. The van der Waals surface area contributed by atoms with E-state index in [1.807, 2.05) is 40.9 Å². The maximum absolute atomic E-state index is 12.5. The number of hydrogen-bond acceptors (Lipinski definition) is 2. The molecule has 1 aromatic carbocycles. The molecule has 4 nitrogen and oxygen atoms in total. The second kappa shape index (κ2) is 7.32. The SMILES string of the molecule is Cc1ccn2c(NC(=O)CC(C)(C)C)c(CCc3ccccc3)nc2c1. The number of hydrogen-bond donors (Lipinski definition) is 1. The van der Waals surface area contributed by atoms with Crippen molar-refractivity contribution in [1.82, 2.24) is 9.38 Å². The first kappa shape index (κ1) is 18.2. The van der Waals surface area contributed by atoms with Crippen LogP contribution in [0.15, 0.2) is 48.7 Å². The second-order valence-corrected chi connectivity index (χ2v) is 8.11. The third-order valence-electron chi connectivity index (χ3n) is 4.30. The number of rotatable bonds is 5. The number of nitrogens with one attached hydrogen (secondary N) is 1. The third-order valence-corrected chi connectivity index (χ3v) is 4.30. The molecule has 3 aromatic rings. The molecule has 4 heteroatoms. The molecular formula is C22H27N3O. The van der Waals surface area contributed by atoms with Crippen molar-refractivity contribution < 1.29 is 4.79 Å². The minimum absolute atomic E-state index is 0.0286. The highest BCUT2D eigenvalue weighted by Crippen LogP contribution is 2.24. The molecule has 0 atom stereocenters. The molecule has 0 spiro atoms. The third kappa shape index (κ3) is 4.51. The number of imidazole rings is 1. The van der Waals surface area contributed by atoms with Gasteiger partial charge in [0.25, 0.3) is 0 Å². The molecule has 1 N–H and O–H groups in total. The summed E-state index contributed by atoms with van der Waals surface area (Å²) in [4.78, 5) is 17.3. The summed E-state index contributed by atoms with van der Waals surface area (Å²) in [7, 11) is 0. The predicted octanol–water partition coefficient (Wildman–Crippen LogP) is 4.80. The summed E-state index contributed by atoms with van der Waals surface area (Å²) in [6.07, 6.45) is 4.14. The van der Waals surface area contributed by atoms with E-state index in [-0.39, 0.29) is 11.3 Å². The number of amides is 1. The lowest BCUT2D eigenvalue weighted by atomic mass is 9.92. The van der Waals surface area contributed by atoms with Crippen molar-refractivity contribution in [2.24, 2.45) is 5.41 Å².